The van der Waals surface area contributed by atoms with E-state index in [0.717, 1.165) is 24.2 Å². The summed E-state index contributed by atoms with van der Waals surface area (Å²) in [6.07, 6.45) is 4.07. The summed E-state index contributed by atoms with van der Waals surface area (Å²) >= 11 is 6.10. The second-order valence-corrected chi connectivity index (χ2v) is 9.40. The van der Waals surface area contributed by atoms with E-state index in [1.165, 1.54) is 0 Å². The number of piperazine rings is 1. The van der Waals surface area contributed by atoms with Crippen molar-refractivity contribution in [1.29, 1.82) is 0 Å². The molecule has 2 aliphatic heterocycles. The highest BCUT2D eigenvalue weighted by Gasteiger charge is 2.34. The van der Waals surface area contributed by atoms with Gasteiger partial charge in [0.25, 0.3) is 0 Å². The molecule has 0 radical (unpaired) electrons. The number of amides is 1. The van der Waals surface area contributed by atoms with Gasteiger partial charge in [-0.05, 0) is 36.6 Å². The summed E-state index contributed by atoms with van der Waals surface area (Å²) in [7, 11) is -2.86. The predicted molar refractivity (Wildman–Crippen MR) is 100 cm³/mol. The van der Waals surface area contributed by atoms with Crippen LogP contribution < -0.4 is 0 Å². The molecule has 1 aromatic rings. The second kappa shape index (κ2) is 7.48. The topological polar surface area (TPSA) is 57.7 Å². The number of halogens is 1. The molecule has 0 aliphatic carbocycles. The summed E-state index contributed by atoms with van der Waals surface area (Å²) < 4.78 is 23.2. The number of benzene rings is 1. The fourth-order valence-electron chi connectivity index (χ4n) is 3.36. The summed E-state index contributed by atoms with van der Waals surface area (Å²) in [5, 5.41) is 0.690. The van der Waals surface area contributed by atoms with E-state index >= 15 is 0 Å². The van der Waals surface area contributed by atoms with Crippen LogP contribution in [0.15, 0.2) is 24.3 Å². The van der Waals surface area contributed by atoms with Crippen LogP contribution in [-0.4, -0.2) is 67.9 Å². The summed E-state index contributed by atoms with van der Waals surface area (Å²) in [4.78, 5) is 16.4. The molecule has 2 fully saturated rings. The van der Waals surface area contributed by atoms with Crippen LogP contribution in [-0.2, 0) is 14.6 Å². The molecule has 0 saturated carbocycles. The predicted octanol–water partition coefficient (Wildman–Crippen LogP) is 1.99. The van der Waals surface area contributed by atoms with Crippen molar-refractivity contribution in [2.75, 3.05) is 37.7 Å². The van der Waals surface area contributed by atoms with E-state index in [0.29, 0.717) is 30.3 Å². The normalized spacial score (nSPS) is 24.1. The van der Waals surface area contributed by atoms with E-state index in [-0.39, 0.29) is 17.7 Å². The lowest BCUT2D eigenvalue weighted by Crippen LogP contribution is -2.52. The average molecular weight is 383 g/mol. The molecule has 0 aromatic heterocycles. The van der Waals surface area contributed by atoms with Crippen LogP contribution in [0.5, 0.6) is 0 Å². The van der Waals surface area contributed by atoms with Crippen molar-refractivity contribution in [2.24, 2.45) is 0 Å². The molecule has 2 heterocycles. The van der Waals surface area contributed by atoms with Crippen molar-refractivity contribution in [3.63, 3.8) is 0 Å². The van der Waals surface area contributed by atoms with Gasteiger partial charge in [-0.3, -0.25) is 9.69 Å². The van der Waals surface area contributed by atoms with Crippen LogP contribution in [0.4, 0.5) is 0 Å². The molecule has 1 aromatic carbocycles. The quantitative estimate of drug-likeness (QED) is 0.750. The maximum atomic E-state index is 12.3. The minimum Gasteiger partial charge on any atom is -0.337 e. The Labute approximate surface area is 154 Å². The monoisotopic (exact) mass is 382 g/mol. The maximum absolute atomic E-state index is 12.3. The summed E-state index contributed by atoms with van der Waals surface area (Å²) in [6, 6.07) is 5.83. The van der Waals surface area contributed by atoms with Gasteiger partial charge in [-0.2, -0.15) is 0 Å². The Kier molecular flexibility index (Phi) is 5.51. The molecule has 1 amide bonds. The SMILES string of the molecule is Cc1ccc(/C=C/C(=O)N2CCN([C@H]3CCS(=O)(=O)C3)CC2)cc1Cl. The first-order chi connectivity index (χ1) is 11.8. The number of aryl methyl sites for hydroxylation is 1. The van der Waals surface area contributed by atoms with Gasteiger partial charge in [0.2, 0.25) is 5.91 Å². The highest BCUT2D eigenvalue weighted by molar-refractivity contribution is 7.91. The van der Waals surface area contributed by atoms with E-state index in [9.17, 15) is 13.2 Å². The van der Waals surface area contributed by atoms with Gasteiger partial charge in [-0.15, -0.1) is 0 Å². The van der Waals surface area contributed by atoms with Crippen molar-refractivity contribution in [1.82, 2.24) is 9.80 Å². The first kappa shape index (κ1) is 18.4. The number of rotatable bonds is 3. The molecule has 25 heavy (non-hydrogen) atoms. The summed E-state index contributed by atoms with van der Waals surface area (Å²) in [6.45, 7) is 4.67. The van der Waals surface area contributed by atoms with Crippen molar-refractivity contribution in [3.8, 4) is 0 Å². The Morgan fingerprint density at radius 2 is 1.96 bits per heavy atom. The Morgan fingerprint density at radius 3 is 2.56 bits per heavy atom. The van der Waals surface area contributed by atoms with Gasteiger partial charge in [0, 0.05) is 43.3 Å². The summed E-state index contributed by atoms with van der Waals surface area (Å²) in [5.41, 5.74) is 1.91. The van der Waals surface area contributed by atoms with E-state index in [4.69, 9.17) is 11.6 Å². The molecule has 0 N–H and O–H groups in total. The highest BCUT2D eigenvalue weighted by atomic mass is 35.5. The average Bonchev–Trinajstić information content (AvgIpc) is 2.96. The Morgan fingerprint density at radius 1 is 1.24 bits per heavy atom. The molecule has 2 aliphatic rings. The maximum Gasteiger partial charge on any atom is 0.246 e. The number of sulfone groups is 1. The van der Waals surface area contributed by atoms with E-state index in [1.807, 2.05) is 30.0 Å². The Balaban J connectivity index is 1.53. The molecule has 3 rings (SSSR count). The van der Waals surface area contributed by atoms with Gasteiger partial charge in [-0.1, -0.05) is 23.7 Å². The van der Waals surface area contributed by atoms with Crippen LogP contribution in [0.25, 0.3) is 6.08 Å². The van der Waals surface area contributed by atoms with E-state index < -0.39 is 9.84 Å². The van der Waals surface area contributed by atoms with Crippen molar-refractivity contribution < 1.29 is 13.2 Å². The van der Waals surface area contributed by atoms with Gasteiger partial charge >= 0.3 is 0 Å². The third-order valence-corrected chi connectivity index (χ3v) is 7.12. The third kappa shape index (κ3) is 4.63. The molecular weight excluding hydrogens is 360 g/mol. The van der Waals surface area contributed by atoms with Crippen LogP contribution in [0.1, 0.15) is 17.5 Å². The van der Waals surface area contributed by atoms with Gasteiger partial charge < -0.3 is 4.90 Å². The lowest BCUT2D eigenvalue weighted by molar-refractivity contribution is -0.127. The summed E-state index contributed by atoms with van der Waals surface area (Å²) in [5.74, 6) is 0.531. The van der Waals surface area contributed by atoms with Crippen molar-refractivity contribution >= 4 is 33.4 Å². The molecule has 0 bridgehead atoms. The molecule has 1 atom stereocenters. The number of carbonyl (C=O) groups excluding carboxylic acids is 1. The Bertz CT molecular complexity index is 784. The minimum absolute atomic E-state index is 0.0182. The fourth-order valence-corrected chi connectivity index (χ4v) is 5.31. The number of carbonyl (C=O) groups is 1. The largest absolute Gasteiger partial charge is 0.337 e. The molecule has 0 spiro atoms. The zero-order valence-corrected chi connectivity index (χ0v) is 15.9. The van der Waals surface area contributed by atoms with Crippen molar-refractivity contribution in [2.45, 2.75) is 19.4 Å². The smallest absolute Gasteiger partial charge is 0.246 e. The molecule has 0 unspecified atom stereocenters. The second-order valence-electron chi connectivity index (χ2n) is 6.76. The molecule has 5 nitrogen and oxygen atoms in total. The number of hydrogen-bond donors (Lipinski definition) is 0. The lowest BCUT2D eigenvalue weighted by Gasteiger charge is -2.37. The molecule has 7 heteroatoms. The van der Waals surface area contributed by atoms with Crippen LogP contribution in [0, 0.1) is 6.92 Å². The highest BCUT2D eigenvalue weighted by Crippen LogP contribution is 2.20. The lowest BCUT2D eigenvalue weighted by atomic mass is 10.1. The zero-order valence-electron chi connectivity index (χ0n) is 14.3. The van der Waals surface area contributed by atoms with Crippen LogP contribution >= 0.6 is 11.6 Å². The standard InChI is InChI=1S/C18H23ClN2O3S/c1-14-2-3-15(12-17(14)19)4-5-18(22)21-9-7-20(8-10-21)16-6-11-25(23,24)13-16/h2-5,12,16H,6-11,13H2,1H3/b5-4+/t16-/m0/s1. The third-order valence-electron chi connectivity index (χ3n) is 4.96. The fraction of sp³-hybridized carbons (Fsp3) is 0.500. The first-order valence-corrected chi connectivity index (χ1v) is 10.7. The van der Waals surface area contributed by atoms with E-state index in [2.05, 4.69) is 4.90 Å². The number of hydrogen-bond acceptors (Lipinski definition) is 4. The van der Waals surface area contributed by atoms with Gasteiger partial charge in [0.15, 0.2) is 9.84 Å². The van der Waals surface area contributed by atoms with Gasteiger partial charge in [0.05, 0.1) is 11.5 Å². The van der Waals surface area contributed by atoms with Crippen LogP contribution in [0.2, 0.25) is 5.02 Å². The first-order valence-electron chi connectivity index (χ1n) is 8.52. The minimum atomic E-state index is -2.86. The van der Waals surface area contributed by atoms with Crippen LogP contribution in [0.3, 0.4) is 0 Å². The van der Waals surface area contributed by atoms with Gasteiger partial charge in [0.1, 0.15) is 0 Å². The van der Waals surface area contributed by atoms with E-state index in [1.54, 1.807) is 12.2 Å². The number of nitrogens with zero attached hydrogens (tertiary/aromatic N) is 2. The van der Waals surface area contributed by atoms with Crippen molar-refractivity contribution in [3.05, 3.63) is 40.4 Å². The molecule has 136 valence electrons. The zero-order chi connectivity index (χ0) is 18.0. The molecular formula is C18H23ClN2O3S. The molecule has 2 saturated heterocycles. The van der Waals surface area contributed by atoms with Gasteiger partial charge in [-0.25, -0.2) is 8.42 Å². The Hall–Kier alpha value is -1.37.